The molecule has 0 saturated heterocycles. The summed E-state index contributed by atoms with van der Waals surface area (Å²) in [5, 5.41) is 4.73. The molecule has 0 radical (unpaired) electrons. The number of rotatable bonds is 5. The van der Waals surface area contributed by atoms with Crippen LogP contribution in [0.25, 0.3) is 0 Å². The van der Waals surface area contributed by atoms with E-state index >= 15 is 0 Å². The lowest BCUT2D eigenvalue weighted by Crippen LogP contribution is -2.15. The van der Waals surface area contributed by atoms with Gasteiger partial charge >= 0.3 is 0 Å². The summed E-state index contributed by atoms with van der Waals surface area (Å²) in [6, 6.07) is 9.62. The molecular formula is C15H16Cl2N2. The molecular weight excluding hydrogens is 279 g/mol. The molecule has 0 amide bonds. The van der Waals surface area contributed by atoms with Gasteiger partial charge in [0.25, 0.3) is 0 Å². The van der Waals surface area contributed by atoms with E-state index in [0.29, 0.717) is 23.1 Å². The first-order chi connectivity index (χ1) is 9.22. The average molecular weight is 295 g/mol. The first-order valence-corrected chi connectivity index (χ1v) is 7.04. The largest absolute Gasteiger partial charge is 0.307 e. The van der Waals surface area contributed by atoms with Crippen LogP contribution in [0.4, 0.5) is 0 Å². The molecule has 0 unspecified atom stereocenters. The van der Waals surface area contributed by atoms with Crippen LogP contribution in [0.2, 0.25) is 10.0 Å². The van der Waals surface area contributed by atoms with Gasteiger partial charge in [-0.3, -0.25) is 4.98 Å². The highest BCUT2D eigenvalue weighted by molar-refractivity contribution is 6.35. The van der Waals surface area contributed by atoms with E-state index in [9.17, 15) is 0 Å². The average Bonchev–Trinajstić information content (AvgIpc) is 2.42. The number of nitrogens with one attached hydrogen (secondary N) is 1. The van der Waals surface area contributed by atoms with Gasteiger partial charge < -0.3 is 5.32 Å². The van der Waals surface area contributed by atoms with Crippen LogP contribution < -0.4 is 5.32 Å². The molecule has 0 atom stereocenters. The molecule has 4 heteroatoms. The van der Waals surface area contributed by atoms with E-state index in [1.807, 2.05) is 30.5 Å². The zero-order valence-electron chi connectivity index (χ0n) is 10.8. The minimum atomic E-state index is 0.637. The van der Waals surface area contributed by atoms with E-state index in [4.69, 9.17) is 23.2 Å². The van der Waals surface area contributed by atoms with Gasteiger partial charge in [-0.15, -0.1) is 0 Å². The van der Waals surface area contributed by atoms with Crippen LogP contribution in [-0.4, -0.2) is 4.98 Å². The number of aryl methyl sites for hydroxylation is 1. The van der Waals surface area contributed by atoms with Crippen molar-refractivity contribution in [3.8, 4) is 0 Å². The van der Waals surface area contributed by atoms with Crippen molar-refractivity contribution in [2.24, 2.45) is 0 Å². The number of hydrogen-bond acceptors (Lipinski definition) is 2. The number of pyridine rings is 1. The maximum absolute atomic E-state index is 6.13. The summed E-state index contributed by atoms with van der Waals surface area (Å²) in [4.78, 5) is 4.40. The molecule has 19 heavy (non-hydrogen) atoms. The predicted molar refractivity (Wildman–Crippen MR) is 80.6 cm³/mol. The van der Waals surface area contributed by atoms with E-state index in [1.165, 1.54) is 5.56 Å². The summed E-state index contributed by atoms with van der Waals surface area (Å²) in [7, 11) is 0. The monoisotopic (exact) mass is 294 g/mol. The molecule has 0 spiro atoms. The van der Waals surface area contributed by atoms with E-state index < -0.39 is 0 Å². The highest BCUT2D eigenvalue weighted by Gasteiger charge is 2.06. The Morgan fingerprint density at radius 3 is 2.47 bits per heavy atom. The van der Waals surface area contributed by atoms with Gasteiger partial charge in [-0.1, -0.05) is 42.3 Å². The third-order valence-electron chi connectivity index (χ3n) is 3.02. The van der Waals surface area contributed by atoms with Crippen LogP contribution in [0.3, 0.4) is 0 Å². The second-order valence-corrected chi connectivity index (χ2v) is 5.08. The number of halogens is 2. The Kier molecular flexibility index (Phi) is 5.20. The number of hydrogen-bond donors (Lipinski definition) is 1. The molecule has 1 aromatic carbocycles. The topological polar surface area (TPSA) is 24.9 Å². The Morgan fingerprint density at radius 1 is 1.05 bits per heavy atom. The van der Waals surface area contributed by atoms with Gasteiger partial charge in [0.1, 0.15) is 0 Å². The molecule has 0 aliphatic heterocycles. The Labute approximate surface area is 123 Å². The normalized spacial score (nSPS) is 10.7. The van der Waals surface area contributed by atoms with Crippen LogP contribution in [0.1, 0.15) is 23.7 Å². The van der Waals surface area contributed by atoms with Crippen molar-refractivity contribution in [3.05, 3.63) is 63.4 Å². The quantitative estimate of drug-likeness (QED) is 0.892. The number of aromatic nitrogens is 1. The van der Waals surface area contributed by atoms with E-state index in [-0.39, 0.29) is 0 Å². The molecule has 2 aromatic rings. The van der Waals surface area contributed by atoms with Gasteiger partial charge in [0.2, 0.25) is 0 Å². The molecule has 0 aliphatic rings. The number of benzene rings is 1. The van der Waals surface area contributed by atoms with Crippen LogP contribution in [-0.2, 0) is 19.5 Å². The summed E-state index contributed by atoms with van der Waals surface area (Å²) >= 11 is 12.3. The lowest BCUT2D eigenvalue weighted by atomic mass is 10.1. The summed E-state index contributed by atoms with van der Waals surface area (Å²) in [6.07, 6.45) is 2.80. The summed E-state index contributed by atoms with van der Waals surface area (Å²) in [5.41, 5.74) is 3.27. The molecule has 1 N–H and O–H groups in total. The fraction of sp³-hybridized carbons (Fsp3) is 0.267. The van der Waals surface area contributed by atoms with Gasteiger partial charge in [-0.25, -0.2) is 0 Å². The van der Waals surface area contributed by atoms with Crippen molar-refractivity contribution in [1.82, 2.24) is 10.3 Å². The maximum atomic E-state index is 6.13. The second-order valence-electron chi connectivity index (χ2n) is 4.27. The summed E-state index contributed by atoms with van der Waals surface area (Å²) < 4.78 is 0. The van der Waals surface area contributed by atoms with Crippen molar-refractivity contribution in [2.75, 3.05) is 0 Å². The van der Waals surface area contributed by atoms with Crippen molar-refractivity contribution in [1.29, 1.82) is 0 Å². The maximum Gasteiger partial charge on any atom is 0.0573 e. The lowest BCUT2D eigenvalue weighted by Gasteiger charge is -2.10. The lowest BCUT2D eigenvalue weighted by molar-refractivity contribution is 0.673. The van der Waals surface area contributed by atoms with Gasteiger partial charge in [0, 0.05) is 34.9 Å². The predicted octanol–water partition coefficient (Wildman–Crippen LogP) is 4.24. The fourth-order valence-corrected chi connectivity index (χ4v) is 2.49. The van der Waals surface area contributed by atoms with Crippen LogP contribution >= 0.6 is 23.2 Å². The molecule has 100 valence electrons. The van der Waals surface area contributed by atoms with Crippen LogP contribution in [0, 0.1) is 0 Å². The SMILES string of the molecule is CCc1cccnc1CNCc1c(Cl)cccc1Cl. The van der Waals surface area contributed by atoms with E-state index in [0.717, 1.165) is 17.7 Å². The standard InChI is InChI=1S/C15H16Cl2N2/c1-2-11-5-4-8-19-15(11)10-18-9-12-13(16)6-3-7-14(12)17/h3-8,18H,2,9-10H2,1H3. The molecule has 1 heterocycles. The van der Waals surface area contributed by atoms with Gasteiger partial charge in [-0.05, 0) is 30.2 Å². The van der Waals surface area contributed by atoms with Crippen molar-refractivity contribution in [2.45, 2.75) is 26.4 Å². The molecule has 1 aromatic heterocycles. The van der Waals surface area contributed by atoms with Crippen molar-refractivity contribution in [3.63, 3.8) is 0 Å². The first-order valence-electron chi connectivity index (χ1n) is 6.28. The summed E-state index contributed by atoms with van der Waals surface area (Å²) in [5.74, 6) is 0. The Balaban J connectivity index is 2.00. The Hall–Kier alpha value is -1.09. The molecule has 0 aliphatic carbocycles. The Morgan fingerprint density at radius 2 is 1.79 bits per heavy atom. The molecule has 0 fully saturated rings. The van der Waals surface area contributed by atoms with Gasteiger partial charge in [0.05, 0.1) is 5.69 Å². The smallest absolute Gasteiger partial charge is 0.0573 e. The van der Waals surface area contributed by atoms with E-state index in [2.05, 4.69) is 23.3 Å². The van der Waals surface area contributed by atoms with Crippen LogP contribution in [0.15, 0.2) is 36.5 Å². The second kappa shape index (κ2) is 6.90. The fourth-order valence-electron chi connectivity index (χ4n) is 1.96. The minimum absolute atomic E-state index is 0.637. The first kappa shape index (κ1) is 14.3. The third kappa shape index (κ3) is 3.69. The third-order valence-corrected chi connectivity index (χ3v) is 3.73. The van der Waals surface area contributed by atoms with Crippen molar-refractivity contribution >= 4 is 23.2 Å². The molecule has 0 saturated carbocycles. The highest BCUT2D eigenvalue weighted by Crippen LogP contribution is 2.23. The zero-order chi connectivity index (χ0) is 13.7. The number of nitrogens with zero attached hydrogens (tertiary/aromatic N) is 1. The van der Waals surface area contributed by atoms with Gasteiger partial charge in [0.15, 0.2) is 0 Å². The summed E-state index contributed by atoms with van der Waals surface area (Å²) in [6.45, 7) is 3.48. The molecule has 2 nitrogen and oxygen atoms in total. The minimum Gasteiger partial charge on any atom is -0.307 e. The highest BCUT2D eigenvalue weighted by atomic mass is 35.5. The van der Waals surface area contributed by atoms with E-state index in [1.54, 1.807) is 0 Å². The molecule has 2 rings (SSSR count). The Bertz CT molecular complexity index is 535. The van der Waals surface area contributed by atoms with Gasteiger partial charge in [-0.2, -0.15) is 0 Å². The molecule has 0 bridgehead atoms. The zero-order valence-corrected chi connectivity index (χ0v) is 12.3. The van der Waals surface area contributed by atoms with Crippen LogP contribution in [0.5, 0.6) is 0 Å². The van der Waals surface area contributed by atoms with Crippen molar-refractivity contribution < 1.29 is 0 Å².